The molecule has 2 fully saturated rings. The number of hydrogen-bond acceptors (Lipinski definition) is 7. The molecule has 0 radical (unpaired) electrons. The Bertz CT molecular complexity index is 1290. The zero-order valence-electron chi connectivity index (χ0n) is 18.5. The van der Waals surface area contributed by atoms with Crippen LogP contribution < -0.4 is 14.7 Å². The zero-order valence-corrected chi connectivity index (χ0v) is 18.5. The molecule has 0 aromatic heterocycles. The standard InChI is InChI=1S/C25H21N3O6/c1-15-6-3-4-9-20(15)27-22(16-10-12-19(33-2)13-11-16)21-23(34-27)25(30)26(24(21)29)17-7-5-8-18(14-17)28(31)32/h3-14,21-23H,1-2H3/t21-,22+,23-/m1/s1. The number of amides is 2. The monoisotopic (exact) mass is 459 g/mol. The van der Waals surface area contributed by atoms with Crippen molar-refractivity contribution < 1.29 is 24.1 Å². The number of carbonyl (C=O) groups excluding carboxylic acids is 2. The molecule has 5 rings (SSSR count). The molecule has 0 N–H and O–H groups in total. The maximum absolute atomic E-state index is 13.7. The molecule has 0 bridgehead atoms. The minimum absolute atomic E-state index is 0.151. The Morgan fingerprint density at radius 1 is 0.971 bits per heavy atom. The maximum Gasteiger partial charge on any atom is 0.271 e. The molecular weight excluding hydrogens is 438 g/mol. The molecule has 2 saturated heterocycles. The highest BCUT2D eigenvalue weighted by Crippen LogP contribution is 2.48. The number of ether oxygens (including phenoxy) is 1. The smallest absolute Gasteiger partial charge is 0.271 e. The number of para-hydroxylation sites is 1. The Balaban J connectivity index is 1.59. The third-order valence-electron chi connectivity index (χ3n) is 6.22. The van der Waals surface area contributed by atoms with Crippen LogP contribution in [0.15, 0.2) is 72.8 Å². The first kappa shape index (κ1) is 21.6. The van der Waals surface area contributed by atoms with E-state index < -0.39 is 34.8 Å². The zero-order chi connectivity index (χ0) is 24.0. The molecule has 3 aromatic carbocycles. The van der Waals surface area contributed by atoms with Crippen LogP contribution in [0.5, 0.6) is 5.75 Å². The van der Waals surface area contributed by atoms with Gasteiger partial charge in [-0.15, -0.1) is 0 Å². The number of non-ortho nitro benzene ring substituents is 1. The number of nitrogens with zero attached hydrogens (tertiary/aromatic N) is 3. The van der Waals surface area contributed by atoms with Gasteiger partial charge in [0.2, 0.25) is 5.91 Å². The lowest BCUT2D eigenvalue weighted by atomic mass is 9.90. The average Bonchev–Trinajstić information content (AvgIpc) is 3.35. The van der Waals surface area contributed by atoms with Crippen LogP contribution in [0.25, 0.3) is 0 Å². The first-order valence-electron chi connectivity index (χ1n) is 10.7. The van der Waals surface area contributed by atoms with Gasteiger partial charge in [0.05, 0.1) is 29.4 Å². The highest BCUT2D eigenvalue weighted by atomic mass is 16.7. The fourth-order valence-electron chi connectivity index (χ4n) is 4.57. The van der Waals surface area contributed by atoms with E-state index in [0.717, 1.165) is 21.7 Å². The van der Waals surface area contributed by atoms with Gasteiger partial charge in [-0.1, -0.05) is 36.4 Å². The summed E-state index contributed by atoms with van der Waals surface area (Å²) >= 11 is 0. The molecule has 3 atom stereocenters. The second-order valence-electron chi connectivity index (χ2n) is 8.17. The lowest BCUT2D eigenvalue weighted by Gasteiger charge is -2.29. The fraction of sp³-hybridized carbons (Fsp3) is 0.200. The summed E-state index contributed by atoms with van der Waals surface area (Å²) in [4.78, 5) is 44.8. The van der Waals surface area contributed by atoms with Gasteiger partial charge in [0.15, 0.2) is 6.10 Å². The summed E-state index contributed by atoms with van der Waals surface area (Å²) in [6.07, 6.45) is -1.06. The molecule has 172 valence electrons. The number of imide groups is 1. The number of carbonyl (C=O) groups is 2. The lowest BCUT2D eigenvalue weighted by molar-refractivity contribution is -0.384. The molecule has 0 unspecified atom stereocenters. The molecule has 34 heavy (non-hydrogen) atoms. The van der Waals surface area contributed by atoms with E-state index in [1.807, 2.05) is 43.3 Å². The molecule has 0 aliphatic carbocycles. The number of rotatable bonds is 5. The van der Waals surface area contributed by atoms with Crippen molar-refractivity contribution in [1.82, 2.24) is 0 Å². The van der Waals surface area contributed by atoms with E-state index in [9.17, 15) is 19.7 Å². The number of nitro benzene ring substituents is 1. The van der Waals surface area contributed by atoms with Gasteiger partial charge >= 0.3 is 0 Å². The van der Waals surface area contributed by atoms with Crippen LogP contribution in [0.2, 0.25) is 0 Å². The maximum atomic E-state index is 13.7. The van der Waals surface area contributed by atoms with Gasteiger partial charge in [0.25, 0.3) is 11.6 Å². The summed E-state index contributed by atoms with van der Waals surface area (Å²) in [6.45, 7) is 1.93. The van der Waals surface area contributed by atoms with E-state index in [4.69, 9.17) is 9.57 Å². The number of hydrogen-bond donors (Lipinski definition) is 0. The topological polar surface area (TPSA) is 102 Å². The average molecular weight is 459 g/mol. The largest absolute Gasteiger partial charge is 0.497 e. The van der Waals surface area contributed by atoms with Crippen molar-refractivity contribution in [3.8, 4) is 5.75 Å². The second kappa shape index (κ2) is 8.27. The lowest BCUT2D eigenvalue weighted by Crippen LogP contribution is -2.37. The van der Waals surface area contributed by atoms with Crippen LogP contribution in [-0.4, -0.2) is 30.0 Å². The van der Waals surface area contributed by atoms with Gasteiger partial charge < -0.3 is 4.74 Å². The van der Waals surface area contributed by atoms with Crippen LogP contribution in [0.4, 0.5) is 17.1 Å². The number of hydroxylamine groups is 1. The SMILES string of the molecule is COc1ccc([C@H]2[C@H]3C(=O)N(c4cccc([N+](=O)[O-])c4)C(=O)[C@@H]3ON2c2ccccc2C)cc1. The highest BCUT2D eigenvalue weighted by Gasteiger charge is 2.60. The van der Waals surface area contributed by atoms with Gasteiger partial charge in [-0.25, -0.2) is 9.96 Å². The second-order valence-corrected chi connectivity index (χ2v) is 8.17. The number of methoxy groups -OCH3 is 1. The Kier molecular flexibility index (Phi) is 5.25. The van der Waals surface area contributed by atoms with Crippen LogP contribution in [-0.2, 0) is 14.4 Å². The van der Waals surface area contributed by atoms with E-state index in [1.54, 1.807) is 24.3 Å². The third-order valence-corrected chi connectivity index (χ3v) is 6.22. The normalized spacial score (nSPS) is 21.6. The number of nitro groups is 1. The fourth-order valence-corrected chi connectivity index (χ4v) is 4.57. The number of aryl methyl sites for hydroxylation is 1. The predicted octanol–water partition coefficient (Wildman–Crippen LogP) is 3.96. The Labute approximate surface area is 195 Å². The summed E-state index contributed by atoms with van der Waals surface area (Å²) in [5.41, 5.74) is 2.40. The molecule has 3 aromatic rings. The molecule has 9 heteroatoms. The van der Waals surface area contributed by atoms with Gasteiger partial charge in [0.1, 0.15) is 11.7 Å². The van der Waals surface area contributed by atoms with Crippen LogP contribution in [0.1, 0.15) is 17.2 Å². The summed E-state index contributed by atoms with van der Waals surface area (Å²) in [6, 6.07) is 19.7. The molecule has 2 aliphatic rings. The van der Waals surface area contributed by atoms with Crippen molar-refractivity contribution in [3.63, 3.8) is 0 Å². The Morgan fingerprint density at radius 2 is 1.71 bits per heavy atom. The molecular formula is C25H21N3O6. The number of anilines is 2. The van der Waals surface area contributed by atoms with Crippen molar-refractivity contribution in [2.45, 2.75) is 19.1 Å². The Morgan fingerprint density at radius 3 is 2.38 bits per heavy atom. The van der Waals surface area contributed by atoms with Gasteiger partial charge in [-0.3, -0.25) is 24.5 Å². The van der Waals surface area contributed by atoms with Gasteiger partial charge in [-0.2, -0.15) is 0 Å². The summed E-state index contributed by atoms with van der Waals surface area (Å²) in [5, 5.41) is 12.9. The minimum Gasteiger partial charge on any atom is -0.497 e. The summed E-state index contributed by atoms with van der Waals surface area (Å²) in [5.74, 6) is -1.19. The van der Waals surface area contributed by atoms with Crippen molar-refractivity contribution in [3.05, 3.63) is 94.0 Å². The minimum atomic E-state index is -1.06. The van der Waals surface area contributed by atoms with E-state index >= 15 is 0 Å². The van der Waals surface area contributed by atoms with Crippen molar-refractivity contribution in [2.75, 3.05) is 17.1 Å². The van der Waals surface area contributed by atoms with E-state index in [-0.39, 0.29) is 11.4 Å². The first-order chi connectivity index (χ1) is 16.4. The van der Waals surface area contributed by atoms with Crippen molar-refractivity contribution >= 4 is 28.9 Å². The molecule has 9 nitrogen and oxygen atoms in total. The molecule has 2 amide bonds. The quantitative estimate of drug-likeness (QED) is 0.323. The van der Waals surface area contributed by atoms with Gasteiger partial charge in [-0.05, 0) is 42.3 Å². The van der Waals surface area contributed by atoms with Crippen LogP contribution >= 0.6 is 0 Å². The predicted molar refractivity (Wildman–Crippen MR) is 123 cm³/mol. The van der Waals surface area contributed by atoms with Gasteiger partial charge in [0, 0.05) is 12.1 Å². The number of benzene rings is 3. The Hall–Kier alpha value is -4.24. The van der Waals surface area contributed by atoms with Crippen LogP contribution in [0, 0.1) is 23.0 Å². The van der Waals surface area contributed by atoms with E-state index in [2.05, 4.69) is 0 Å². The van der Waals surface area contributed by atoms with E-state index in [0.29, 0.717) is 5.75 Å². The highest BCUT2D eigenvalue weighted by molar-refractivity contribution is 6.24. The van der Waals surface area contributed by atoms with Crippen molar-refractivity contribution in [1.29, 1.82) is 0 Å². The third kappa shape index (κ3) is 3.37. The van der Waals surface area contributed by atoms with Crippen LogP contribution in [0.3, 0.4) is 0 Å². The molecule has 2 aliphatic heterocycles. The summed E-state index contributed by atoms with van der Waals surface area (Å²) < 4.78 is 5.26. The molecule has 0 spiro atoms. The van der Waals surface area contributed by atoms with Crippen molar-refractivity contribution in [2.24, 2.45) is 5.92 Å². The molecule has 2 heterocycles. The summed E-state index contributed by atoms with van der Waals surface area (Å²) in [7, 11) is 1.57. The van der Waals surface area contributed by atoms with E-state index in [1.165, 1.54) is 24.3 Å². The first-order valence-corrected chi connectivity index (χ1v) is 10.7. The molecule has 0 saturated carbocycles. The number of fused-ring (bicyclic) bond motifs is 1.